The maximum Gasteiger partial charge on any atom is 0.268 e. The van der Waals surface area contributed by atoms with E-state index >= 15 is 0 Å². The van der Waals surface area contributed by atoms with E-state index in [2.05, 4.69) is 10.3 Å². The molecule has 0 saturated heterocycles. The van der Waals surface area contributed by atoms with E-state index in [-0.39, 0.29) is 5.91 Å². The lowest BCUT2D eigenvalue weighted by atomic mass is 10.1. The number of nitrogens with two attached hydrogens (primary N) is 1. The van der Waals surface area contributed by atoms with Crippen molar-refractivity contribution >= 4 is 5.91 Å². The van der Waals surface area contributed by atoms with Crippen LogP contribution in [0.5, 0.6) is 0 Å². The number of nitrogens with zero attached hydrogens (tertiary/aromatic N) is 2. The molecule has 0 fully saturated rings. The molecule has 14 heavy (non-hydrogen) atoms. The van der Waals surface area contributed by atoms with E-state index < -0.39 is 0 Å². The topological polar surface area (TPSA) is 71.2 Å². The molecule has 0 bridgehead atoms. The molecule has 74 valence electrons. The summed E-state index contributed by atoms with van der Waals surface area (Å²) in [6.45, 7) is 1.11. The minimum Gasteiger partial charge on any atom is -0.314 e. The smallest absolute Gasteiger partial charge is 0.268 e. The zero-order valence-corrected chi connectivity index (χ0v) is 7.95. The van der Waals surface area contributed by atoms with Gasteiger partial charge in [0, 0.05) is 23.9 Å². The van der Waals surface area contributed by atoms with Crippen molar-refractivity contribution in [3.63, 3.8) is 0 Å². The van der Waals surface area contributed by atoms with E-state index in [0.29, 0.717) is 18.7 Å². The summed E-state index contributed by atoms with van der Waals surface area (Å²) >= 11 is 0. The molecule has 0 unspecified atom stereocenters. The van der Waals surface area contributed by atoms with Gasteiger partial charge in [-0.2, -0.15) is 0 Å². The zero-order chi connectivity index (χ0) is 10.1. The van der Waals surface area contributed by atoms with Gasteiger partial charge in [0.25, 0.3) is 5.91 Å². The number of carbonyl (C=O) groups is 1. The van der Waals surface area contributed by atoms with Gasteiger partial charge in [-0.15, -0.1) is 0 Å². The van der Waals surface area contributed by atoms with Gasteiger partial charge in [-0.3, -0.25) is 14.8 Å². The average Bonchev–Trinajstić information content (AvgIpc) is 2.46. The minimum atomic E-state index is -0.125. The first-order valence-electron chi connectivity index (χ1n) is 4.42. The third-order valence-corrected chi connectivity index (χ3v) is 2.31. The first-order valence-corrected chi connectivity index (χ1v) is 4.42. The summed E-state index contributed by atoms with van der Waals surface area (Å²) in [6.07, 6.45) is 1.64. The van der Waals surface area contributed by atoms with Gasteiger partial charge in [0.15, 0.2) is 0 Å². The molecule has 1 amide bonds. The van der Waals surface area contributed by atoms with Crippen molar-refractivity contribution in [2.75, 3.05) is 7.05 Å². The molecule has 0 aliphatic carbocycles. The van der Waals surface area contributed by atoms with E-state index in [9.17, 15) is 4.79 Å². The fourth-order valence-electron chi connectivity index (χ4n) is 1.63. The Morgan fingerprint density at radius 1 is 1.71 bits per heavy atom. The fraction of sp³-hybridized carbons (Fsp3) is 0.333. The number of pyridine rings is 1. The fourth-order valence-corrected chi connectivity index (χ4v) is 1.63. The Kier molecular flexibility index (Phi) is 2.18. The molecule has 1 aromatic heterocycles. The number of nitrogens with one attached hydrogen (secondary N) is 1. The summed E-state index contributed by atoms with van der Waals surface area (Å²) in [5.74, 6) is 5.40. The van der Waals surface area contributed by atoms with Crippen molar-refractivity contribution in [2.45, 2.75) is 13.1 Å². The van der Waals surface area contributed by atoms with Crippen molar-refractivity contribution in [3.8, 4) is 0 Å². The molecule has 5 nitrogen and oxygen atoms in total. The Morgan fingerprint density at radius 2 is 2.50 bits per heavy atom. The van der Waals surface area contributed by atoms with Crippen molar-refractivity contribution in [3.05, 3.63) is 29.1 Å². The normalized spacial score (nSPS) is 14.7. The van der Waals surface area contributed by atoms with Gasteiger partial charge in [0.1, 0.15) is 0 Å². The van der Waals surface area contributed by atoms with Crippen LogP contribution in [0.1, 0.15) is 21.6 Å². The SMILES string of the molecule is CNCc1nccc2c1CN(N)C2=O. The number of carbonyl (C=O) groups excluding carboxylic acids is 1. The van der Waals surface area contributed by atoms with Crippen LogP contribution < -0.4 is 11.2 Å². The Hall–Kier alpha value is -1.46. The maximum absolute atomic E-state index is 11.5. The van der Waals surface area contributed by atoms with Crippen LogP contribution in [0.3, 0.4) is 0 Å². The number of hydrogen-bond donors (Lipinski definition) is 2. The zero-order valence-electron chi connectivity index (χ0n) is 7.95. The highest BCUT2D eigenvalue weighted by atomic mass is 16.2. The maximum atomic E-state index is 11.5. The highest BCUT2D eigenvalue weighted by Crippen LogP contribution is 2.21. The van der Waals surface area contributed by atoms with Crippen molar-refractivity contribution in [1.82, 2.24) is 15.3 Å². The standard InChI is InChI=1S/C9H12N4O/c1-11-4-8-7-5-13(10)9(14)6(7)2-3-12-8/h2-3,11H,4-5,10H2,1H3. The number of aromatic nitrogens is 1. The Morgan fingerprint density at radius 3 is 3.21 bits per heavy atom. The van der Waals surface area contributed by atoms with Crippen molar-refractivity contribution < 1.29 is 4.79 Å². The molecule has 0 saturated carbocycles. The van der Waals surface area contributed by atoms with Crippen LogP contribution in [-0.2, 0) is 13.1 Å². The van der Waals surface area contributed by atoms with Gasteiger partial charge in [-0.1, -0.05) is 0 Å². The molecule has 1 aliphatic heterocycles. The lowest BCUT2D eigenvalue weighted by molar-refractivity contribution is 0.0778. The number of fused-ring (bicyclic) bond motifs is 1. The van der Waals surface area contributed by atoms with Gasteiger partial charge in [0.2, 0.25) is 0 Å². The number of rotatable bonds is 2. The lowest BCUT2D eigenvalue weighted by Gasteiger charge is -2.05. The average molecular weight is 192 g/mol. The molecule has 0 radical (unpaired) electrons. The van der Waals surface area contributed by atoms with Gasteiger partial charge in [0.05, 0.1) is 12.2 Å². The highest BCUT2D eigenvalue weighted by Gasteiger charge is 2.27. The van der Waals surface area contributed by atoms with Gasteiger partial charge < -0.3 is 5.32 Å². The molecule has 5 heteroatoms. The summed E-state index contributed by atoms with van der Waals surface area (Å²) in [4.78, 5) is 15.7. The van der Waals surface area contributed by atoms with Crippen LogP contribution in [0.2, 0.25) is 0 Å². The van der Waals surface area contributed by atoms with E-state index in [1.807, 2.05) is 7.05 Å². The summed E-state index contributed by atoms with van der Waals surface area (Å²) in [5.41, 5.74) is 2.51. The second kappa shape index (κ2) is 3.36. The summed E-state index contributed by atoms with van der Waals surface area (Å²) in [5, 5.41) is 4.22. The van der Waals surface area contributed by atoms with Crippen LogP contribution >= 0.6 is 0 Å². The van der Waals surface area contributed by atoms with Crippen LogP contribution in [-0.4, -0.2) is 22.9 Å². The monoisotopic (exact) mass is 192 g/mol. The van der Waals surface area contributed by atoms with Gasteiger partial charge >= 0.3 is 0 Å². The Bertz CT molecular complexity index is 377. The summed E-state index contributed by atoms with van der Waals surface area (Å²) < 4.78 is 0. The molecule has 2 heterocycles. The Labute approximate surface area is 81.9 Å². The molecule has 3 N–H and O–H groups in total. The number of hydrazine groups is 1. The van der Waals surface area contributed by atoms with Crippen molar-refractivity contribution in [2.24, 2.45) is 5.84 Å². The molecule has 1 aromatic rings. The largest absolute Gasteiger partial charge is 0.314 e. The summed E-state index contributed by atoms with van der Waals surface area (Å²) in [6, 6.07) is 1.71. The van der Waals surface area contributed by atoms with Crippen LogP contribution in [0.4, 0.5) is 0 Å². The van der Waals surface area contributed by atoms with E-state index in [4.69, 9.17) is 5.84 Å². The van der Waals surface area contributed by atoms with Crippen LogP contribution in [0.15, 0.2) is 12.3 Å². The van der Waals surface area contributed by atoms with Gasteiger partial charge in [-0.05, 0) is 13.1 Å². The second-order valence-corrected chi connectivity index (χ2v) is 3.25. The molecule has 0 aromatic carbocycles. The number of hydrogen-bond acceptors (Lipinski definition) is 4. The van der Waals surface area contributed by atoms with Crippen LogP contribution in [0, 0.1) is 0 Å². The second-order valence-electron chi connectivity index (χ2n) is 3.25. The third-order valence-electron chi connectivity index (χ3n) is 2.31. The first kappa shape index (κ1) is 9.11. The summed E-state index contributed by atoms with van der Waals surface area (Å²) in [7, 11) is 1.85. The number of amides is 1. The molecular formula is C9H12N4O. The van der Waals surface area contributed by atoms with Crippen molar-refractivity contribution in [1.29, 1.82) is 0 Å². The predicted octanol–water partition coefficient (Wildman–Crippen LogP) is -0.370. The Balaban J connectivity index is 2.45. The molecule has 0 spiro atoms. The lowest BCUT2D eigenvalue weighted by Crippen LogP contribution is -2.30. The third kappa shape index (κ3) is 1.26. The van der Waals surface area contributed by atoms with Crippen LogP contribution in [0.25, 0.3) is 0 Å². The highest BCUT2D eigenvalue weighted by molar-refractivity contribution is 5.98. The predicted molar refractivity (Wildman–Crippen MR) is 51.1 cm³/mol. The van der Waals surface area contributed by atoms with E-state index in [1.54, 1.807) is 12.3 Å². The first-order chi connectivity index (χ1) is 6.74. The molecule has 1 aliphatic rings. The minimum absolute atomic E-state index is 0.125. The molecule has 2 rings (SSSR count). The van der Waals surface area contributed by atoms with Gasteiger partial charge in [-0.25, -0.2) is 5.84 Å². The quantitative estimate of drug-likeness (QED) is 0.495. The molecular weight excluding hydrogens is 180 g/mol. The molecule has 0 atom stereocenters. The van der Waals surface area contributed by atoms with E-state index in [0.717, 1.165) is 11.3 Å². The van der Waals surface area contributed by atoms with E-state index in [1.165, 1.54) is 5.01 Å².